The molecule has 0 amide bonds. The minimum absolute atomic E-state index is 0.270. The van der Waals surface area contributed by atoms with Crippen LogP contribution in [0.1, 0.15) is 12.8 Å². The minimum atomic E-state index is -3.48. The maximum Gasteiger partial charge on any atom is 0.243 e. The summed E-state index contributed by atoms with van der Waals surface area (Å²) >= 11 is 3.29. The number of nitrogens with two attached hydrogens (primary N) is 1. The summed E-state index contributed by atoms with van der Waals surface area (Å²) in [6.45, 7) is 2.63. The molecule has 2 N–H and O–H groups in total. The molecule has 0 unspecified atom stereocenters. The monoisotopic (exact) mass is 375 g/mol. The minimum Gasteiger partial charge on any atom is -0.399 e. The van der Waals surface area contributed by atoms with Crippen LogP contribution in [-0.2, 0) is 10.0 Å². The first-order chi connectivity index (χ1) is 9.80. The van der Waals surface area contributed by atoms with Gasteiger partial charge in [0.2, 0.25) is 10.0 Å². The van der Waals surface area contributed by atoms with Crippen LogP contribution in [0.25, 0.3) is 0 Å². The van der Waals surface area contributed by atoms with Crippen molar-refractivity contribution >= 4 is 31.6 Å². The highest BCUT2D eigenvalue weighted by Crippen LogP contribution is 2.28. The average molecular weight is 376 g/mol. The number of piperidine rings is 1. The molecule has 1 aliphatic heterocycles. The van der Waals surface area contributed by atoms with Gasteiger partial charge in [-0.05, 0) is 73.0 Å². The summed E-state index contributed by atoms with van der Waals surface area (Å²) in [7, 11) is 0.267. The second kappa shape index (κ2) is 6.64. The topological polar surface area (TPSA) is 66.6 Å². The molecule has 118 valence electrons. The first-order valence-corrected chi connectivity index (χ1v) is 9.24. The van der Waals surface area contributed by atoms with Gasteiger partial charge in [-0.15, -0.1) is 0 Å². The van der Waals surface area contributed by atoms with Crippen molar-refractivity contribution in [1.29, 1.82) is 0 Å². The molecule has 1 heterocycles. The average Bonchev–Trinajstić information content (AvgIpc) is 2.40. The molecule has 0 saturated carbocycles. The van der Waals surface area contributed by atoms with Crippen LogP contribution in [0.5, 0.6) is 0 Å². The van der Waals surface area contributed by atoms with Crippen molar-refractivity contribution in [3.63, 3.8) is 0 Å². The third kappa shape index (κ3) is 3.97. The Morgan fingerprint density at radius 1 is 1.38 bits per heavy atom. The molecule has 0 radical (unpaired) electrons. The molecule has 0 aromatic heterocycles. The number of hydrogen-bond donors (Lipinski definition) is 1. The SMILES string of the molecule is CN1CCC(CN(C)S(=O)(=O)c2ccc(N)cc2Br)CC1. The van der Waals surface area contributed by atoms with Gasteiger partial charge >= 0.3 is 0 Å². The van der Waals surface area contributed by atoms with Gasteiger partial charge in [-0.2, -0.15) is 0 Å². The van der Waals surface area contributed by atoms with Crippen molar-refractivity contribution in [2.45, 2.75) is 17.7 Å². The number of anilines is 1. The van der Waals surface area contributed by atoms with E-state index in [-0.39, 0.29) is 4.90 Å². The van der Waals surface area contributed by atoms with E-state index in [4.69, 9.17) is 5.73 Å². The number of rotatable bonds is 4. The van der Waals surface area contributed by atoms with E-state index < -0.39 is 10.0 Å². The molecule has 1 fully saturated rings. The fourth-order valence-corrected chi connectivity index (χ4v) is 4.90. The second-order valence-corrected chi connectivity index (χ2v) is 8.59. The standard InChI is InChI=1S/C14H22BrN3O2S/c1-17-7-5-11(6-8-17)10-18(2)21(19,20)14-4-3-12(16)9-13(14)15/h3-4,9,11H,5-8,10,16H2,1-2H3. The number of sulfonamides is 1. The van der Waals surface area contributed by atoms with Gasteiger partial charge in [-0.1, -0.05) is 0 Å². The molecule has 1 aromatic rings. The molecule has 5 nitrogen and oxygen atoms in total. The van der Waals surface area contributed by atoms with Crippen LogP contribution in [-0.4, -0.2) is 51.4 Å². The third-order valence-corrected chi connectivity index (χ3v) is 6.80. The van der Waals surface area contributed by atoms with Crippen LogP contribution in [0, 0.1) is 5.92 Å². The third-order valence-electron chi connectivity index (χ3n) is 4.00. The lowest BCUT2D eigenvalue weighted by Gasteiger charge is -2.31. The predicted molar refractivity (Wildman–Crippen MR) is 88.6 cm³/mol. The quantitative estimate of drug-likeness (QED) is 0.817. The molecular formula is C14H22BrN3O2S. The van der Waals surface area contributed by atoms with Crippen LogP contribution in [0.3, 0.4) is 0 Å². The molecule has 0 bridgehead atoms. The molecule has 0 spiro atoms. The molecular weight excluding hydrogens is 354 g/mol. The number of nitrogens with zero attached hydrogens (tertiary/aromatic N) is 2. The summed E-state index contributed by atoms with van der Waals surface area (Å²) in [5.41, 5.74) is 6.21. The molecule has 1 aromatic carbocycles. The van der Waals surface area contributed by atoms with Crippen molar-refractivity contribution in [3.8, 4) is 0 Å². The Bertz CT molecular complexity index is 598. The lowest BCUT2D eigenvalue weighted by atomic mass is 9.97. The lowest BCUT2D eigenvalue weighted by Crippen LogP contribution is -2.38. The molecule has 1 saturated heterocycles. The van der Waals surface area contributed by atoms with E-state index in [1.165, 1.54) is 4.31 Å². The molecule has 7 heteroatoms. The van der Waals surface area contributed by atoms with Gasteiger partial charge in [0.05, 0.1) is 4.90 Å². The molecule has 0 aliphatic carbocycles. The van der Waals surface area contributed by atoms with Gasteiger partial charge in [-0.3, -0.25) is 0 Å². The molecule has 1 aliphatic rings. The Hall–Kier alpha value is -0.630. The zero-order valence-corrected chi connectivity index (χ0v) is 14.8. The lowest BCUT2D eigenvalue weighted by molar-refractivity contribution is 0.202. The second-order valence-electron chi connectivity index (χ2n) is 5.72. The van der Waals surface area contributed by atoms with Crippen molar-refractivity contribution in [1.82, 2.24) is 9.21 Å². The van der Waals surface area contributed by atoms with Gasteiger partial charge in [0.15, 0.2) is 0 Å². The number of hydrogen-bond acceptors (Lipinski definition) is 4. The fraction of sp³-hybridized carbons (Fsp3) is 0.571. The largest absolute Gasteiger partial charge is 0.399 e. The summed E-state index contributed by atoms with van der Waals surface area (Å²) in [4.78, 5) is 2.55. The molecule has 2 rings (SSSR count). The highest BCUT2D eigenvalue weighted by atomic mass is 79.9. The summed E-state index contributed by atoms with van der Waals surface area (Å²) < 4.78 is 27.3. The highest BCUT2D eigenvalue weighted by Gasteiger charge is 2.27. The Morgan fingerprint density at radius 2 is 2.00 bits per heavy atom. The fourth-order valence-electron chi connectivity index (χ4n) is 2.60. The predicted octanol–water partition coefficient (Wildman–Crippen LogP) is 1.99. The Kier molecular flexibility index (Phi) is 5.29. The van der Waals surface area contributed by atoms with Crippen LogP contribution < -0.4 is 5.73 Å². The summed E-state index contributed by atoms with van der Waals surface area (Å²) in [5, 5.41) is 0. The maximum absolute atomic E-state index is 12.6. The van der Waals surface area contributed by atoms with Crippen molar-refractivity contribution < 1.29 is 8.42 Å². The van der Waals surface area contributed by atoms with Crippen molar-refractivity contribution in [2.24, 2.45) is 5.92 Å². The number of likely N-dealkylation sites (tertiary alicyclic amines) is 1. The number of benzene rings is 1. The van der Waals surface area contributed by atoms with Gasteiger partial charge in [0.1, 0.15) is 0 Å². The Morgan fingerprint density at radius 3 is 2.57 bits per heavy atom. The van der Waals surface area contributed by atoms with Crippen LogP contribution in [0.4, 0.5) is 5.69 Å². The maximum atomic E-state index is 12.6. The van der Waals surface area contributed by atoms with E-state index in [2.05, 4.69) is 27.9 Å². The van der Waals surface area contributed by atoms with Crippen LogP contribution in [0.2, 0.25) is 0 Å². The van der Waals surface area contributed by atoms with E-state index in [1.54, 1.807) is 25.2 Å². The van der Waals surface area contributed by atoms with E-state index in [0.717, 1.165) is 25.9 Å². The van der Waals surface area contributed by atoms with E-state index in [0.29, 0.717) is 22.6 Å². The smallest absolute Gasteiger partial charge is 0.243 e. The Labute approximate surface area is 135 Å². The van der Waals surface area contributed by atoms with Crippen molar-refractivity contribution in [3.05, 3.63) is 22.7 Å². The number of nitrogen functional groups attached to an aromatic ring is 1. The number of halogens is 1. The van der Waals surface area contributed by atoms with E-state index >= 15 is 0 Å². The van der Waals surface area contributed by atoms with E-state index in [9.17, 15) is 8.42 Å². The van der Waals surface area contributed by atoms with Gasteiger partial charge in [0.25, 0.3) is 0 Å². The zero-order chi connectivity index (χ0) is 15.6. The van der Waals surface area contributed by atoms with Gasteiger partial charge in [-0.25, -0.2) is 12.7 Å². The Balaban J connectivity index is 2.11. The summed E-state index contributed by atoms with van der Waals surface area (Å²) in [5.74, 6) is 0.425. The summed E-state index contributed by atoms with van der Waals surface area (Å²) in [6.07, 6.45) is 2.08. The highest BCUT2D eigenvalue weighted by molar-refractivity contribution is 9.10. The van der Waals surface area contributed by atoms with Crippen LogP contribution in [0.15, 0.2) is 27.6 Å². The normalized spacial score (nSPS) is 18.3. The first kappa shape index (κ1) is 16.7. The molecule has 21 heavy (non-hydrogen) atoms. The van der Waals surface area contributed by atoms with Gasteiger partial charge < -0.3 is 10.6 Å². The van der Waals surface area contributed by atoms with Gasteiger partial charge in [0, 0.05) is 23.8 Å². The first-order valence-electron chi connectivity index (χ1n) is 7.00. The van der Waals surface area contributed by atoms with Crippen molar-refractivity contribution in [2.75, 3.05) is 39.5 Å². The zero-order valence-electron chi connectivity index (χ0n) is 12.4. The molecule has 0 atom stereocenters. The van der Waals surface area contributed by atoms with Crippen LogP contribution >= 0.6 is 15.9 Å². The summed E-state index contributed by atoms with van der Waals surface area (Å²) in [6, 6.07) is 4.79. The van der Waals surface area contributed by atoms with E-state index in [1.807, 2.05) is 0 Å².